The zero-order valence-electron chi connectivity index (χ0n) is 10.4. The summed E-state index contributed by atoms with van der Waals surface area (Å²) in [6, 6.07) is 3.05. The standard InChI is InChI=1S/C14H16Cl2O3/c15-10-6-9(8-17)14(11(16)7-10)19-13-5-3-1-2-4-12(13)18/h6-8,12-13,18H,1-5H2. The van der Waals surface area contributed by atoms with Crippen LogP contribution in [0.25, 0.3) is 0 Å². The Labute approximate surface area is 122 Å². The fourth-order valence-electron chi connectivity index (χ4n) is 2.34. The smallest absolute Gasteiger partial charge is 0.153 e. The fourth-order valence-corrected chi connectivity index (χ4v) is 2.89. The van der Waals surface area contributed by atoms with E-state index in [9.17, 15) is 9.90 Å². The Balaban J connectivity index is 2.24. The van der Waals surface area contributed by atoms with Crippen LogP contribution in [0.1, 0.15) is 42.5 Å². The second kappa shape index (κ2) is 6.60. The molecule has 3 nitrogen and oxygen atoms in total. The zero-order valence-corrected chi connectivity index (χ0v) is 12.0. The minimum absolute atomic E-state index is 0.297. The molecule has 1 N–H and O–H groups in total. The van der Waals surface area contributed by atoms with Gasteiger partial charge >= 0.3 is 0 Å². The van der Waals surface area contributed by atoms with Gasteiger partial charge in [-0.15, -0.1) is 0 Å². The first-order valence-electron chi connectivity index (χ1n) is 6.40. The van der Waals surface area contributed by atoms with E-state index in [1.807, 2.05) is 0 Å². The van der Waals surface area contributed by atoms with Crippen LogP contribution in [-0.2, 0) is 0 Å². The molecule has 1 aromatic carbocycles. The van der Waals surface area contributed by atoms with E-state index in [0.29, 0.717) is 34.1 Å². The van der Waals surface area contributed by atoms with E-state index >= 15 is 0 Å². The molecule has 0 aliphatic heterocycles. The Hall–Kier alpha value is -0.770. The second-order valence-electron chi connectivity index (χ2n) is 4.79. The largest absolute Gasteiger partial charge is 0.485 e. The van der Waals surface area contributed by atoms with Crippen LogP contribution in [0, 0.1) is 0 Å². The summed E-state index contributed by atoms with van der Waals surface area (Å²) in [5.41, 5.74) is 0.314. The molecule has 2 rings (SSSR count). The first-order chi connectivity index (χ1) is 9.11. The number of carbonyl (C=O) groups is 1. The van der Waals surface area contributed by atoms with Gasteiger partial charge < -0.3 is 9.84 Å². The number of hydrogen-bond acceptors (Lipinski definition) is 3. The lowest BCUT2D eigenvalue weighted by molar-refractivity contribution is 0.0316. The fraction of sp³-hybridized carbons (Fsp3) is 0.500. The lowest BCUT2D eigenvalue weighted by Gasteiger charge is -2.23. The van der Waals surface area contributed by atoms with Crippen molar-refractivity contribution >= 4 is 29.5 Å². The molecule has 1 aliphatic carbocycles. The van der Waals surface area contributed by atoms with E-state index < -0.39 is 6.10 Å². The Kier molecular flexibility index (Phi) is 5.08. The number of aldehydes is 1. The molecule has 0 aromatic heterocycles. The lowest BCUT2D eigenvalue weighted by Crippen LogP contribution is -2.30. The molecule has 0 heterocycles. The number of aliphatic hydroxyl groups is 1. The number of halogens is 2. The highest BCUT2D eigenvalue weighted by Crippen LogP contribution is 2.34. The SMILES string of the molecule is O=Cc1cc(Cl)cc(Cl)c1OC1CCCCCC1O. The van der Waals surface area contributed by atoms with Crippen molar-refractivity contribution in [3.63, 3.8) is 0 Å². The molecule has 2 unspecified atom stereocenters. The molecule has 19 heavy (non-hydrogen) atoms. The number of benzene rings is 1. The molecule has 1 aliphatic rings. The monoisotopic (exact) mass is 302 g/mol. The molecule has 0 radical (unpaired) electrons. The van der Waals surface area contributed by atoms with Gasteiger partial charge in [0.05, 0.1) is 16.7 Å². The molecule has 0 amide bonds. The summed E-state index contributed by atoms with van der Waals surface area (Å²) < 4.78 is 5.78. The van der Waals surface area contributed by atoms with Crippen molar-refractivity contribution in [2.24, 2.45) is 0 Å². The molecule has 2 atom stereocenters. The van der Waals surface area contributed by atoms with Crippen LogP contribution in [0.3, 0.4) is 0 Å². The van der Waals surface area contributed by atoms with Crippen molar-refractivity contribution in [3.05, 3.63) is 27.7 Å². The molecule has 1 aromatic rings. The summed E-state index contributed by atoms with van der Waals surface area (Å²) in [7, 11) is 0. The van der Waals surface area contributed by atoms with Gasteiger partial charge in [-0.05, 0) is 31.4 Å². The highest BCUT2D eigenvalue weighted by molar-refractivity contribution is 6.36. The van der Waals surface area contributed by atoms with Gasteiger partial charge in [-0.3, -0.25) is 4.79 Å². The Morgan fingerprint density at radius 1 is 1.21 bits per heavy atom. The van der Waals surface area contributed by atoms with Gasteiger partial charge in [0.15, 0.2) is 6.29 Å². The Morgan fingerprint density at radius 3 is 2.68 bits per heavy atom. The third kappa shape index (κ3) is 3.62. The van der Waals surface area contributed by atoms with Crippen LogP contribution in [0.4, 0.5) is 0 Å². The van der Waals surface area contributed by atoms with E-state index in [2.05, 4.69) is 0 Å². The Morgan fingerprint density at radius 2 is 1.95 bits per heavy atom. The van der Waals surface area contributed by atoms with Gasteiger partial charge in [-0.25, -0.2) is 0 Å². The first kappa shape index (κ1) is 14.6. The van der Waals surface area contributed by atoms with Crippen molar-refractivity contribution in [2.45, 2.75) is 44.3 Å². The van der Waals surface area contributed by atoms with Crippen molar-refractivity contribution in [2.75, 3.05) is 0 Å². The van der Waals surface area contributed by atoms with Gasteiger partial charge in [-0.2, -0.15) is 0 Å². The quantitative estimate of drug-likeness (QED) is 0.681. The van der Waals surface area contributed by atoms with Gasteiger partial charge in [0, 0.05) is 5.02 Å². The van der Waals surface area contributed by atoms with E-state index in [-0.39, 0.29) is 6.10 Å². The topological polar surface area (TPSA) is 46.5 Å². The normalized spacial score (nSPS) is 23.7. The molecule has 0 spiro atoms. The summed E-state index contributed by atoms with van der Waals surface area (Å²) in [6.45, 7) is 0. The molecule has 0 saturated heterocycles. The Bertz CT molecular complexity index is 462. The highest BCUT2D eigenvalue weighted by atomic mass is 35.5. The lowest BCUT2D eigenvalue weighted by atomic mass is 10.1. The first-order valence-corrected chi connectivity index (χ1v) is 7.16. The maximum Gasteiger partial charge on any atom is 0.153 e. The van der Waals surface area contributed by atoms with Crippen LogP contribution in [0.2, 0.25) is 10.0 Å². The summed E-state index contributed by atoms with van der Waals surface area (Å²) in [5, 5.41) is 10.7. The van der Waals surface area contributed by atoms with Gasteiger partial charge in [0.2, 0.25) is 0 Å². The minimum atomic E-state index is -0.520. The molecule has 1 saturated carbocycles. The highest BCUT2D eigenvalue weighted by Gasteiger charge is 2.25. The molecule has 0 bridgehead atoms. The molecule has 1 fully saturated rings. The van der Waals surface area contributed by atoms with E-state index in [0.717, 1.165) is 25.7 Å². The van der Waals surface area contributed by atoms with E-state index in [1.165, 1.54) is 12.1 Å². The van der Waals surface area contributed by atoms with Crippen molar-refractivity contribution < 1.29 is 14.6 Å². The minimum Gasteiger partial charge on any atom is -0.485 e. The van der Waals surface area contributed by atoms with Gasteiger partial charge in [-0.1, -0.05) is 36.0 Å². The maximum absolute atomic E-state index is 11.1. The molecular weight excluding hydrogens is 287 g/mol. The number of hydrogen-bond donors (Lipinski definition) is 1. The summed E-state index contributed by atoms with van der Waals surface area (Å²) in [4.78, 5) is 11.1. The summed E-state index contributed by atoms with van der Waals surface area (Å²) in [5.74, 6) is 0.312. The molecular formula is C14H16Cl2O3. The van der Waals surface area contributed by atoms with E-state index in [4.69, 9.17) is 27.9 Å². The van der Waals surface area contributed by atoms with Crippen LogP contribution in [0.5, 0.6) is 5.75 Å². The summed E-state index contributed by atoms with van der Waals surface area (Å²) >= 11 is 11.9. The average Bonchev–Trinajstić information content (AvgIpc) is 2.57. The van der Waals surface area contributed by atoms with Crippen LogP contribution >= 0.6 is 23.2 Å². The van der Waals surface area contributed by atoms with Gasteiger partial charge in [0.1, 0.15) is 11.9 Å². The molecule has 104 valence electrons. The van der Waals surface area contributed by atoms with Gasteiger partial charge in [0.25, 0.3) is 0 Å². The third-order valence-corrected chi connectivity index (χ3v) is 3.85. The van der Waals surface area contributed by atoms with E-state index in [1.54, 1.807) is 0 Å². The summed E-state index contributed by atoms with van der Waals surface area (Å²) in [6.07, 6.45) is 4.39. The van der Waals surface area contributed by atoms with Crippen molar-refractivity contribution in [1.82, 2.24) is 0 Å². The molecule has 5 heteroatoms. The average molecular weight is 303 g/mol. The second-order valence-corrected chi connectivity index (χ2v) is 5.63. The maximum atomic E-state index is 11.1. The van der Waals surface area contributed by atoms with Crippen molar-refractivity contribution in [3.8, 4) is 5.75 Å². The van der Waals surface area contributed by atoms with Crippen molar-refractivity contribution in [1.29, 1.82) is 0 Å². The predicted molar refractivity (Wildman–Crippen MR) is 75.4 cm³/mol. The number of ether oxygens (including phenoxy) is 1. The third-order valence-electron chi connectivity index (χ3n) is 3.35. The van der Waals surface area contributed by atoms with Crippen LogP contribution < -0.4 is 4.74 Å². The predicted octanol–water partition coefficient (Wildman–Crippen LogP) is 3.88. The van der Waals surface area contributed by atoms with Crippen LogP contribution in [-0.4, -0.2) is 23.6 Å². The number of carbonyl (C=O) groups excluding carboxylic acids is 1. The number of aliphatic hydroxyl groups excluding tert-OH is 1. The zero-order chi connectivity index (χ0) is 13.8. The number of rotatable bonds is 3. The van der Waals surface area contributed by atoms with Crippen LogP contribution in [0.15, 0.2) is 12.1 Å².